The summed E-state index contributed by atoms with van der Waals surface area (Å²) in [7, 11) is 0. The molecular weight excluding hydrogens is 560 g/mol. The average Bonchev–Trinajstić information content (AvgIpc) is 3.43. The number of fused-ring (bicyclic) bond motifs is 2. The van der Waals surface area contributed by atoms with Crippen LogP contribution in [0.2, 0.25) is 0 Å². The number of aromatic nitrogens is 1. The summed E-state index contributed by atoms with van der Waals surface area (Å²) in [4.78, 5) is 56.4. The monoisotopic (exact) mass is 584 g/mol. The van der Waals surface area contributed by atoms with E-state index >= 15 is 0 Å². The van der Waals surface area contributed by atoms with Crippen LogP contribution < -0.4 is 5.73 Å². The second-order valence-corrected chi connectivity index (χ2v) is 10.1. The van der Waals surface area contributed by atoms with Crippen LogP contribution >= 0.6 is 0 Å². The van der Waals surface area contributed by atoms with Crippen LogP contribution in [0.1, 0.15) is 40.4 Å². The number of amides is 4. The fourth-order valence-electron chi connectivity index (χ4n) is 5.18. The number of alkyl halides is 3. The number of rotatable bonds is 7. The maximum absolute atomic E-state index is 13.7. The van der Waals surface area contributed by atoms with E-state index in [4.69, 9.17) is 10.5 Å². The lowest BCUT2D eigenvalue weighted by atomic mass is 9.93. The fourth-order valence-corrected chi connectivity index (χ4v) is 5.18. The molecule has 2 atom stereocenters. The molecule has 1 aliphatic heterocycles. The number of pyridine rings is 1. The van der Waals surface area contributed by atoms with E-state index in [2.05, 4.69) is 4.98 Å². The summed E-state index contributed by atoms with van der Waals surface area (Å²) in [5.41, 5.74) is 6.23. The van der Waals surface area contributed by atoms with Crippen molar-refractivity contribution in [3.63, 3.8) is 0 Å². The Hall–Kier alpha value is -4.81. The lowest BCUT2D eigenvalue weighted by Crippen LogP contribution is -2.51. The van der Waals surface area contributed by atoms with Gasteiger partial charge in [0.05, 0.1) is 5.69 Å². The summed E-state index contributed by atoms with van der Waals surface area (Å²) >= 11 is 0. The molecule has 13 heteroatoms. The molecule has 1 aromatic heterocycles. The van der Waals surface area contributed by atoms with Gasteiger partial charge >= 0.3 is 12.3 Å². The SMILES string of the molecule is C[C@H](N(Cc1ccc(F)cc1)C(=O)CN1C(=O)O[C@@]2(CCc3cc(-c4cc(C(N)=O)ccn4)ccc32)C1=O)C(F)(F)F. The Morgan fingerprint density at radius 1 is 1.12 bits per heavy atom. The van der Waals surface area contributed by atoms with Crippen molar-refractivity contribution in [1.82, 2.24) is 14.8 Å². The van der Waals surface area contributed by atoms with Gasteiger partial charge in [0.25, 0.3) is 5.91 Å². The maximum atomic E-state index is 13.7. The fraction of sp³-hybridized carbons (Fsp3) is 0.276. The van der Waals surface area contributed by atoms with Crippen molar-refractivity contribution in [3.8, 4) is 11.3 Å². The summed E-state index contributed by atoms with van der Waals surface area (Å²) in [6.45, 7) is -0.720. The van der Waals surface area contributed by atoms with Crippen LogP contribution in [0.15, 0.2) is 60.8 Å². The van der Waals surface area contributed by atoms with Gasteiger partial charge in [-0.25, -0.2) is 14.1 Å². The molecule has 2 heterocycles. The molecule has 5 rings (SSSR count). The molecule has 1 spiro atoms. The number of ether oxygens (including phenoxy) is 1. The minimum absolute atomic E-state index is 0.0635. The number of benzene rings is 2. The molecule has 0 unspecified atom stereocenters. The number of aryl methyl sites for hydroxylation is 1. The van der Waals surface area contributed by atoms with Crippen LogP contribution in [0.4, 0.5) is 22.4 Å². The first-order valence-corrected chi connectivity index (χ1v) is 12.9. The molecule has 3 aromatic rings. The van der Waals surface area contributed by atoms with Gasteiger partial charge in [0.1, 0.15) is 18.4 Å². The zero-order valence-corrected chi connectivity index (χ0v) is 22.2. The topological polar surface area (TPSA) is 123 Å². The van der Waals surface area contributed by atoms with Crippen LogP contribution in [0.5, 0.6) is 0 Å². The van der Waals surface area contributed by atoms with E-state index < -0.39 is 60.5 Å². The van der Waals surface area contributed by atoms with Crippen molar-refractivity contribution in [1.29, 1.82) is 0 Å². The van der Waals surface area contributed by atoms with Crippen molar-refractivity contribution in [2.75, 3.05) is 6.54 Å². The molecule has 2 aromatic carbocycles. The summed E-state index contributed by atoms with van der Waals surface area (Å²) in [5, 5.41) is 0. The quantitative estimate of drug-likeness (QED) is 0.418. The predicted octanol–water partition coefficient (Wildman–Crippen LogP) is 4.09. The molecule has 4 amide bonds. The molecule has 42 heavy (non-hydrogen) atoms. The van der Waals surface area contributed by atoms with Gasteiger partial charge in [-0.1, -0.05) is 24.3 Å². The van der Waals surface area contributed by atoms with Crippen LogP contribution in [0.25, 0.3) is 11.3 Å². The number of hydrogen-bond acceptors (Lipinski definition) is 6. The van der Waals surface area contributed by atoms with Crippen molar-refractivity contribution >= 4 is 23.8 Å². The third-order valence-electron chi connectivity index (χ3n) is 7.52. The molecule has 1 fully saturated rings. The molecule has 218 valence electrons. The Morgan fingerprint density at radius 3 is 2.50 bits per heavy atom. The minimum atomic E-state index is -4.81. The van der Waals surface area contributed by atoms with Crippen LogP contribution in [0.3, 0.4) is 0 Å². The van der Waals surface area contributed by atoms with Crippen molar-refractivity contribution in [2.24, 2.45) is 5.73 Å². The standard InChI is InChI=1S/C29H24F4N4O5/c1-16(29(31,32)33)36(14-17-2-5-21(30)6-3-17)24(38)15-37-26(40)28(42-27(37)41)10-8-18-12-19(4-7-22(18)28)23-13-20(25(34)39)9-11-35-23/h2-7,9,11-13,16H,8,10,14-15H2,1H3,(H2,34,39)/t16-,28+/m0/s1. The number of carbonyl (C=O) groups is 4. The Bertz CT molecular complexity index is 1590. The molecule has 2 aliphatic rings. The first-order chi connectivity index (χ1) is 19.8. The van der Waals surface area contributed by atoms with Gasteiger partial charge in [-0.2, -0.15) is 13.2 Å². The first kappa shape index (κ1) is 28.7. The number of nitrogens with two attached hydrogens (primary N) is 1. The number of primary amides is 1. The zero-order chi connectivity index (χ0) is 30.4. The highest BCUT2D eigenvalue weighted by Gasteiger charge is 2.58. The maximum Gasteiger partial charge on any atom is 0.418 e. The number of carbonyl (C=O) groups excluding carboxylic acids is 4. The minimum Gasteiger partial charge on any atom is -0.427 e. The number of hydrogen-bond donors (Lipinski definition) is 1. The lowest BCUT2D eigenvalue weighted by Gasteiger charge is -2.31. The van der Waals surface area contributed by atoms with Gasteiger partial charge in [-0.15, -0.1) is 0 Å². The number of halogens is 4. The molecular formula is C29H24F4N4O5. The molecule has 9 nitrogen and oxygen atoms in total. The smallest absolute Gasteiger partial charge is 0.418 e. The highest BCUT2D eigenvalue weighted by Crippen LogP contribution is 2.46. The van der Waals surface area contributed by atoms with Crippen molar-refractivity contribution in [3.05, 3.63) is 88.9 Å². The van der Waals surface area contributed by atoms with E-state index in [0.29, 0.717) is 38.6 Å². The zero-order valence-electron chi connectivity index (χ0n) is 22.2. The lowest BCUT2D eigenvalue weighted by molar-refractivity contribution is -0.187. The second kappa shape index (κ2) is 10.5. The summed E-state index contributed by atoms with van der Waals surface area (Å²) in [6, 6.07) is 10.3. The van der Waals surface area contributed by atoms with Crippen LogP contribution in [0, 0.1) is 5.82 Å². The van der Waals surface area contributed by atoms with E-state index in [-0.39, 0.29) is 17.5 Å². The van der Waals surface area contributed by atoms with E-state index in [1.807, 2.05) is 0 Å². The van der Waals surface area contributed by atoms with Crippen LogP contribution in [-0.2, 0) is 32.9 Å². The molecule has 0 bridgehead atoms. The van der Waals surface area contributed by atoms with Crippen molar-refractivity contribution < 1.29 is 41.5 Å². The van der Waals surface area contributed by atoms with Gasteiger partial charge in [-0.05, 0) is 54.8 Å². The molecule has 2 N–H and O–H groups in total. The van der Waals surface area contributed by atoms with Gasteiger partial charge in [0, 0.05) is 35.9 Å². The highest BCUT2D eigenvalue weighted by molar-refractivity contribution is 6.06. The molecule has 0 saturated carbocycles. The number of nitrogens with zero attached hydrogens (tertiary/aromatic N) is 3. The molecule has 0 radical (unpaired) electrons. The normalized spacial score (nSPS) is 18.6. The Balaban J connectivity index is 1.39. The third kappa shape index (κ3) is 5.17. The molecule has 1 saturated heterocycles. The Kier molecular flexibility index (Phi) is 7.21. The summed E-state index contributed by atoms with van der Waals surface area (Å²) < 4.78 is 59.8. The number of imide groups is 1. The Labute approximate surface area is 236 Å². The third-order valence-corrected chi connectivity index (χ3v) is 7.52. The van der Waals surface area contributed by atoms with Crippen LogP contribution in [-0.4, -0.2) is 57.4 Å². The highest BCUT2D eigenvalue weighted by atomic mass is 19.4. The van der Waals surface area contributed by atoms with Gasteiger partial charge < -0.3 is 15.4 Å². The second-order valence-electron chi connectivity index (χ2n) is 10.1. The van der Waals surface area contributed by atoms with Gasteiger partial charge in [0.15, 0.2) is 0 Å². The predicted molar refractivity (Wildman–Crippen MR) is 139 cm³/mol. The summed E-state index contributed by atoms with van der Waals surface area (Å²) in [5.74, 6) is -3.23. The van der Waals surface area contributed by atoms with E-state index in [1.165, 1.54) is 30.5 Å². The van der Waals surface area contributed by atoms with E-state index in [9.17, 15) is 36.7 Å². The van der Waals surface area contributed by atoms with Crippen molar-refractivity contribution in [2.45, 2.75) is 44.1 Å². The van der Waals surface area contributed by atoms with E-state index in [1.54, 1.807) is 18.2 Å². The van der Waals surface area contributed by atoms with Gasteiger partial charge in [0.2, 0.25) is 17.4 Å². The van der Waals surface area contributed by atoms with E-state index in [0.717, 1.165) is 19.1 Å². The van der Waals surface area contributed by atoms with Gasteiger partial charge in [-0.3, -0.25) is 19.4 Å². The first-order valence-electron chi connectivity index (χ1n) is 12.9. The largest absolute Gasteiger partial charge is 0.427 e. The average molecular weight is 585 g/mol. The Morgan fingerprint density at radius 2 is 1.83 bits per heavy atom. The molecule has 1 aliphatic carbocycles. The summed E-state index contributed by atoms with van der Waals surface area (Å²) in [6.07, 6.45) is -4.14.